The molecular weight excluding hydrogens is 336 g/mol. The van der Waals surface area contributed by atoms with Crippen molar-refractivity contribution in [2.45, 2.75) is 11.3 Å². The van der Waals surface area contributed by atoms with Crippen LogP contribution in [-0.2, 0) is 16.3 Å². The Balaban J connectivity index is 0.00000264. The molecule has 5 nitrogen and oxygen atoms in total. The second-order valence-electron chi connectivity index (χ2n) is 4.96. The van der Waals surface area contributed by atoms with Crippen LogP contribution >= 0.6 is 12.4 Å². The minimum atomic E-state index is -3.55. The molecule has 0 radical (unpaired) electrons. The number of benzene rings is 2. The normalized spacial score (nSPS) is 10.8. The highest BCUT2D eigenvalue weighted by Crippen LogP contribution is 2.25. The lowest BCUT2D eigenvalue weighted by atomic mass is 10.1. The summed E-state index contributed by atoms with van der Waals surface area (Å²) in [6, 6.07) is 14.7. The maximum atomic E-state index is 12.2. The van der Waals surface area contributed by atoms with Crippen molar-refractivity contribution in [2.24, 2.45) is 0 Å². The molecule has 0 spiro atoms. The van der Waals surface area contributed by atoms with Crippen molar-refractivity contribution < 1.29 is 13.5 Å². The summed E-state index contributed by atoms with van der Waals surface area (Å²) in [6.07, 6.45) is 0.782. The number of aliphatic hydroxyl groups is 1. The number of anilines is 2. The lowest BCUT2D eigenvalue weighted by Crippen LogP contribution is -2.14. The molecule has 0 aliphatic heterocycles. The minimum Gasteiger partial charge on any atom is -0.399 e. The highest BCUT2D eigenvalue weighted by Gasteiger charge is 2.18. The zero-order chi connectivity index (χ0) is 16.0. The Bertz CT molecular complexity index is 721. The average Bonchev–Trinajstić information content (AvgIpc) is 2.49. The lowest BCUT2D eigenvalue weighted by molar-refractivity contribution is 0.319. The first-order valence-electron chi connectivity index (χ1n) is 7.04. The van der Waals surface area contributed by atoms with Crippen molar-refractivity contribution in [2.75, 3.05) is 30.0 Å². The molecule has 23 heavy (non-hydrogen) atoms. The fraction of sp³-hybridized carbons (Fsp3) is 0.250. The van der Waals surface area contributed by atoms with Gasteiger partial charge >= 0.3 is 0 Å². The summed E-state index contributed by atoms with van der Waals surface area (Å²) in [6.45, 7) is 0.191. The third kappa shape index (κ3) is 5.42. The summed E-state index contributed by atoms with van der Waals surface area (Å²) in [5.74, 6) is -0.316. The molecule has 126 valence electrons. The molecule has 0 unspecified atom stereocenters. The van der Waals surface area contributed by atoms with Gasteiger partial charge in [-0.3, -0.25) is 0 Å². The lowest BCUT2D eigenvalue weighted by Gasteiger charge is -2.13. The summed E-state index contributed by atoms with van der Waals surface area (Å²) in [4.78, 5) is 0.134. The summed E-state index contributed by atoms with van der Waals surface area (Å²) in [5.41, 5.74) is 7.75. The van der Waals surface area contributed by atoms with Crippen LogP contribution in [0.1, 0.15) is 5.56 Å². The van der Waals surface area contributed by atoms with Crippen molar-refractivity contribution in [3.63, 3.8) is 0 Å². The van der Waals surface area contributed by atoms with E-state index in [1.165, 1.54) is 11.6 Å². The van der Waals surface area contributed by atoms with Crippen molar-refractivity contribution in [1.29, 1.82) is 0 Å². The number of hydrogen-bond donors (Lipinski definition) is 3. The fourth-order valence-corrected chi connectivity index (χ4v) is 3.41. The summed E-state index contributed by atoms with van der Waals surface area (Å²) < 4.78 is 24.4. The number of halogens is 1. The summed E-state index contributed by atoms with van der Waals surface area (Å²) >= 11 is 0. The van der Waals surface area contributed by atoms with E-state index < -0.39 is 16.4 Å². The van der Waals surface area contributed by atoms with Crippen LogP contribution in [0.2, 0.25) is 0 Å². The van der Waals surface area contributed by atoms with Gasteiger partial charge in [0.2, 0.25) is 0 Å². The highest BCUT2D eigenvalue weighted by molar-refractivity contribution is 7.91. The first-order valence-corrected chi connectivity index (χ1v) is 8.69. The van der Waals surface area contributed by atoms with Gasteiger partial charge in [0.25, 0.3) is 0 Å². The molecule has 0 aliphatic rings. The molecule has 2 aromatic rings. The zero-order valence-electron chi connectivity index (χ0n) is 12.6. The van der Waals surface area contributed by atoms with E-state index in [1.54, 1.807) is 12.1 Å². The molecule has 0 saturated heterocycles. The smallest absolute Gasteiger partial charge is 0.182 e. The van der Waals surface area contributed by atoms with Crippen molar-refractivity contribution >= 4 is 33.6 Å². The monoisotopic (exact) mass is 356 g/mol. The quantitative estimate of drug-likeness (QED) is 0.661. The topological polar surface area (TPSA) is 92.4 Å². The number of aliphatic hydroxyl groups excluding tert-OH is 1. The van der Waals surface area contributed by atoms with Gasteiger partial charge in [0, 0.05) is 12.2 Å². The maximum absolute atomic E-state index is 12.2. The first kappa shape index (κ1) is 19.3. The molecule has 0 aliphatic carbocycles. The maximum Gasteiger partial charge on any atom is 0.182 e. The van der Waals surface area contributed by atoms with E-state index in [0.717, 1.165) is 6.42 Å². The minimum absolute atomic E-state index is 0. The van der Waals surface area contributed by atoms with E-state index in [2.05, 4.69) is 5.32 Å². The number of rotatable bonds is 7. The predicted molar refractivity (Wildman–Crippen MR) is 95.9 cm³/mol. The number of nitrogens with two attached hydrogens (primary N) is 1. The third-order valence-electron chi connectivity index (χ3n) is 3.27. The van der Waals surface area contributed by atoms with Gasteiger partial charge in [-0.1, -0.05) is 30.3 Å². The van der Waals surface area contributed by atoms with Gasteiger partial charge in [-0.25, -0.2) is 8.42 Å². The van der Waals surface area contributed by atoms with Crippen molar-refractivity contribution in [3.05, 3.63) is 54.1 Å². The second kappa shape index (κ2) is 8.76. The molecule has 0 bridgehead atoms. The Kier molecular flexibility index (Phi) is 7.35. The van der Waals surface area contributed by atoms with Gasteiger partial charge in [-0.15, -0.1) is 12.4 Å². The molecule has 0 atom stereocenters. The van der Waals surface area contributed by atoms with Crippen molar-refractivity contribution in [3.8, 4) is 0 Å². The first-order chi connectivity index (χ1) is 10.5. The second-order valence-corrected chi connectivity index (χ2v) is 7.04. The van der Waals surface area contributed by atoms with E-state index >= 15 is 0 Å². The number of nitrogens with one attached hydrogen (secondary N) is 1. The van der Waals surface area contributed by atoms with Gasteiger partial charge in [-0.2, -0.15) is 0 Å². The molecule has 0 amide bonds. The number of nitrogen functional groups attached to an aromatic ring is 1. The Morgan fingerprint density at radius 2 is 1.78 bits per heavy atom. The van der Waals surface area contributed by atoms with Crippen LogP contribution < -0.4 is 11.1 Å². The third-order valence-corrected chi connectivity index (χ3v) is 5.00. The van der Waals surface area contributed by atoms with E-state index in [-0.39, 0.29) is 23.1 Å². The van der Waals surface area contributed by atoms with Crippen molar-refractivity contribution in [1.82, 2.24) is 0 Å². The Morgan fingerprint density at radius 3 is 2.43 bits per heavy atom. The van der Waals surface area contributed by atoms with Crippen LogP contribution in [0.15, 0.2) is 53.4 Å². The molecule has 0 heterocycles. The van der Waals surface area contributed by atoms with E-state index in [9.17, 15) is 8.42 Å². The van der Waals surface area contributed by atoms with E-state index in [0.29, 0.717) is 17.9 Å². The van der Waals surface area contributed by atoms with Crippen LogP contribution in [0.4, 0.5) is 11.4 Å². The largest absolute Gasteiger partial charge is 0.399 e. The molecular formula is C16H21ClN2O3S. The Labute approximate surface area is 142 Å². The molecule has 0 aromatic heterocycles. The Hall–Kier alpha value is -1.76. The van der Waals surface area contributed by atoms with Crippen LogP contribution in [0.5, 0.6) is 0 Å². The standard InChI is InChI=1S/C16H20N2O3S.ClH/c17-14-6-7-15(16(12-14)22(20,21)11-10-19)18-9-8-13-4-2-1-3-5-13;/h1-7,12,18-19H,8-11,17H2;1H. The van der Waals surface area contributed by atoms with Gasteiger partial charge < -0.3 is 16.2 Å². The van der Waals surface area contributed by atoms with Gasteiger partial charge in [0.05, 0.1) is 22.9 Å². The molecule has 2 rings (SSSR count). The summed E-state index contributed by atoms with van der Waals surface area (Å²) in [5, 5.41) is 12.1. The molecule has 7 heteroatoms. The Morgan fingerprint density at radius 1 is 1.09 bits per heavy atom. The molecule has 0 saturated carbocycles. The number of hydrogen-bond acceptors (Lipinski definition) is 5. The van der Waals surface area contributed by atoms with Gasteiger partial charge in [0.1, 0.15) is 0 Å². The van der Waals surface area contributed by atoms with Crippen LogP contribution in [-0.4, -0.2) is 32.4 Å². The molecule has 4 N–H and O–H groups in total. The molecule has 2 aromatic carbocycles. The molecule has 0 fully saturated rings. The van der Waals surface area contributed by atoms with Crippen LogP contribution in [0.3, 0.4) is 0 Å². The van der Waals surface area contributed by atoms with Crippen LogP contribution in [0, 0.1) is 0 Å². The van der Waals surface area contributed by atoms with Gasteiger partial charge in [-0.05, 0) is 30.2 Å². The highest BCUT2D eigenvalue weighted by atomic mass is 35.5. The van der Waals surface area contributed by atoms with E-state index in [4.69, 9.17) is 10.8 Å². The number of sulfone groups is 1. The van der Waals surface area contributed by atoms with Gasteiger partial charge in [0.15, 0.2) is 9.84 Å². The fourth-order valence-electron chi connectivity index (χ4n) is 2.16. The average molecular weight is 357 g/mol. The van der Waals surface area contributed by atoms with Crippen LogP contribution in [0.25, 0.3) is 0 Å². The van der Waals surface area contributed by atoms with E-state index in [1.807, 2.05) is 30.3 Å². The predicted octanol–water partition coefficient (Wildman–Crippen LogP) is 2.11. The SMILES string of the molecule is Cl.Nc1ccc(NCCc2ccccc2)c(S(=O)(=O)CCO)c1. The summed E-state index contributed by atoms with van der Waals surface area (Å²) in [7, 11) is -3.55. The zero-order valence-corrected chi connectivity index (χ0v) is 14.2.